The highest BCUT2D eigenvalue weighted by Gasteiger charge is 2.26. The Labute approximate surface area is 179 Å². The molecule has 2 rings (SSSR count). The molecule has 0 fully saturated rings. The van der Waals surface area contributed by atoms with E-state index in [4.69, 9.17) is 9.47 Å². The van der Waals surface area contributed by atoms with Crippen molar-refractivity contribution in [1.82, 2.24) is 10.2 Å². The van der Waals surface area contributed by atoms with Gasteiger partial charge in [0.15, 0.2) is 6.61 Å². The summed E-state index contributed by atoms with van der Waals surface area (Å²) in [7, 11) is 1.60. The molecule has 0 spiro atoms. The number of amides is 2. The van der Waals surface area contributed by atoms with Crippen molar-refractivity contribution >= 4 is 11.8 Å². The molecule has 1 N–H and O–H groups in total. The second kappa shape index (κ2) is 11.2. The van der Waals surface area contributed by atoms with E-state index in [2.05, 4.69) is 19.2 Å². The van der Waals surface area contributed by atoms with Gasteiger partial charge in [-0.1, -0.05) is 38.1 Å². The van der Waals surface area contributed by atoms with Crippen molar-refractivity contribution in [2.45, 2.75) is 46.2 Å². The number of carbonyl (C=O) groups excluding carboxylic acids is 2. The summed E-state index contributed by atoms with van der Waals surface area (Å²) in [5.74, 6) is 1.35. The number of hydrogen-bond acceptors (Lipinski definition) is 4. The summed E-state index contributed by atoms with van der Waals surface area (Å²) in [6, 6.07) is 14.5. The third-order valence-corrected chi connectivity index (χ3v) is 4.94. The van der Waals surface area contributed by atoms with E-state index in [1.165, 1.54) is 10.5 Å². The number of likely N-dealkylation sites (N-methyl/N-ethyl adjacent to an activating group) is 1. The third kappa shape index (κ3) is 6.51. The smallest absolute Gasteiger partial charge is 0.261 e. The fourth-order valence-electron chi connectivity index (χ4n) is 3.01. The van der Waals surface area contributed by atoms with Crippen molar-refractivity contribution < 1.29 is 19.1 Å². The van der Waals surface area contributed by atoms with Crippen LogP contribution in [0.2, 0.25) is 0 Å². The molecule has 0 unspecified atom stereocenters. The van der Waals surface area contributed by atoms with Gasteiger partial charge in [0.2, 0.25) is 5.91 Å². The molecule has 0 saturated heterocycles. The first-order valence-corrected chi connectivity index (χ1v) is 10.3. The van der Waals surface area contributed by atoms with Crippen LogP contribution in [0.15, 0.2) is 48.5 Å². The monoisotopic (exact) mass is 412 g/mol. The zero-order chi connectivity index (χ0) is 22.1. The Bertz CT molecular complexity index is 816. The number of nitrogens with one attached hydrogen (secondary N) is 1. The molecule has 1 atom stereocenters. The maximum atomic E-state index is 13.0. The first kappa shape index (κ1) is 23.3. The maximum absolute atomic E-state index is 13.0. The van der Waals surface area contributed by atoms with Gasteiger partial charge >= 0.3 is 0 Å². The van der Waals surface area contributed by atoms with Gasteiger partial charge in [0, 0.05) is 13.1 Å². The zero-order valence-corrected chi connectivity index (χ0v) is 18.5. The molecule has 0 aliphatic rings. The van der Waals surface area contributed by atoms with E-state index in [0.717, 1.165) is 11.3 Å². The Hall–Kier alpha value is -3.02. The van der Waals surface area contributed by atoms with E-state index in [-0.39, 0.29) is 18.4 Å². The molecule has 2 aromatic carbocycles. The van der Waals surface area contributed by atoms with Crippen LogP contribution in [0.25, 0.3) is 0 Å². The first-order chi connectivity index (χ1) is 14.3. The normalized spacial score (nSPS) is 11.7. The Morgan fingerprint density at radius 2 is 1.57 bits per heavy atom. The number of benzene rings is 2. The standard InChI is InChI=1S/C24H32N2O4/c1-6-25-24(28)18(4)26(15-19-7-11-21(29-5)12-8-19)23(27)16-30-22-13-9-20(10-14-22)17(2)3/h7-14,17-18H,6,15-16H2,1-5H3,(H,25,28)/t18-/m1/s1. The second-order valence-electron chi connectivity index (χ2n) is 7.45. The lowest BCUT2D eigenvalue weighted by Gasteiger charge is -2.28. The highest BCUT2D eigenvalue weighted by atomic mass is 16.5. The first-order valence-electron chi connectivity index (χ1n) is 10.3. The number of nitrogens with zero attached hydrogens (tertiary/aromatic N) is 1. The van der Waals surface area contributed by atoms with Crippen LogP contribution in [0.4, 0.5) is 0 Å². The van der Waals surface area contributed by atoms with Crippen molar-refractivity contribution in [1.29, 1.82) is 0 Å². The molecule has 0 aromatic heterocycles. The molecule has 0 heterocycles. The molecule has 162 valence electrons. The lowest BCUT2D eigenvalue weighted by atomic mass is 10.0. The molecule has 0 bridgehead atoms. The minimum Gasteiger partial charge on any atom is -0.497 e. The lowest BCUT2D eigenvalue weighted by molar-refractivity contribution is -0.142. The molecule has 0 aliphatic carbocycles. The van der Waals surface area contributed by atoms with E-state index in [1.54, 1.807) is 14.0 Å². The van der Waals surface area contributed by atoms with Gasteiger partial charge < -0.3 is 19.7 Å². The second-order valence-corrected chi connectivity index (χ2v) is 7.45. The van der Waals surface area contributed by atoms with E-state index in [0.29, 0.717) is 24.8 Å². The molecule has 6 heteroatoms. The predicted octanol–water partition coefficient (Wildman–Crippen LogP) is 3.75. The third-order valence-electron chi connectivity index (χ3n) is 4.94. The fourth-order valence-corrected chi connectivity index (χ4v) is 3.01. The van der Waals surface area contributed by atoms with Crippen LogP contribution in [0.1, 0.15) is 44.7 Å². The average molecular weight is 413 g/mol. The summed E-state index contributed by atoms with van der Waals surface area (Å²) < 4.78 is 10.9. The summed E-state index contributed by atoms with van der Waals surface area (Å²) in [5.41, 5.74) is 2.11. The Morgan fingerprint density at radius 3 is 2.10 bits per heavy atom. The molecule has 0 aliphatic heterocycles. The van der Waals surface area contributed by atoms with Gasteiger partial charge in [-0.3, -0.25) is 9.59 Å². The molecule has 30 heavy (non-hydrogen) atoms. The largest absolute Gasteiger partial charge is 0.497 e. The van der Waals surface area contributed by atoms with Crippen LogP contribution >= 0.6 is 0 Å². The molecule has 2 amide bonds. The van der Waals surface area contributed by atoms with Gasteiger partial charge in [-0.2, -0.15) is 0 Å². The Balaban J connectivity index is 2.10. The number of ether oxygens (including phenoxy) is 2. The van der Waals surface area contributed by atoms with E-state index < -0.39 is 6.04 Å². The minimum absolute atomic E-state index is 0.138. The van der Waals surface area contributed by atoms with E-state index in [9.17, 15) is 9.59 Å². The van der Waals surface area contributed by atoms with Crippen molar-refractivity contribution in [2.75, 3.05) is 20.3 Å². The highest BCUT2D eigenvalue weighted by Crippen LogP contribution is 2.19. The summed E-state index contributed by atoms with van der Waals surface area (Å²) >= 11 is 0. The number of methoxy groups -OCH3 is 1. The number of hydrogen-bond donors (Lipinski definition) is 1. The predicted molar refractivity (Wildman–Crippen MR) is 118 cm³/mol. The fraction of sp³-hybridized carbons (Fsp3) is 0.417. The molecular formula is C24H32N2O4. The Morgan fingerprint density at radius 1 is 0.967 bits per heavy atom. The quantitative estimate of drug-likeness (QED) is 0.645. The number of rotatable bonds is 10. The SMILES string of the molecule is CCNC(=O)[C@@H](C)N(Cc1ccc(OC)cc1)C(=O)COc1ccc(C(C)C)cc1. The summed E-state index contributed by atoms with van der Waals surface area (Å²) in [5, 5.41) is 2.78. The van der Waals surface area contributed by atoms with E-state index >= 15 is 0 Å². The van der Waals surface area contributed by atoms with Gasteiger partial charge in [0.05, 0.1) is 7.11 Å². The molecule has 0 saturated carbocycles. The number of carbonyl (C=O) groups is 2. The summed E-state index contributed by atoms with van der Waals surface area (Å²) in [6.07, 6.45) is 0. The van der Waals surface area contributed by atoms with Crippen molar-refractivity contribution in [2.24, 2.45) is 0 Å². The van der Waals surface area contributed by atoms with Gasteiger partial charge in [0.1, 0.15) is 17.5 Å². The van der Waals surface area contributed by atoms with Crippen LogP contribution in [0, 0.1) is 0 Å². The highest BCUT2D eigenvalue weighted by molar-refractivity contribution is 5.87. The van der Waals surface area contributed by atoms with Gasteiger partial charge in [-0.05, 0) is 55.2 Å². The zero-order valence-electron chi connectivity index (χ0n) is 18.5. The van der Waals surface area contributed by atoms with E-state index in [1.807, 2.05) is 55.5 Å². The van der Waals surface area contributed by atoms with Crippen molar-refractivity contribution in [3.8, 4) is 11.5 Å². The summed E-state index contributed by atoms with van der Waals surface area (Å²) in [6.45, 7) is 8.50. The van der Waals surface area contributed by atoms with Crippen LogP contribution in [0.3, 0.4) is 0 Å². The molecule has 2 aromatic rings. The lowest BCUT2D eigenvalue weighted by Crippen LogP contribution is -2.49. The van der Waals surface area contributed by atoms with Crippen LogP contribution in [-0.2, 0) is 16.1 Å². The van der Waals surface area contributed by atoms with Crippen molar-refractivity contribution in [3.63, 3.8) is 0 Å². The topological polar surface area (TPSA) is 67.9 Å². The van der Waals surface area contributed by atoms with Gasteiger partial charge in [-0.15, -0.1) is 0 Å². The maximum Gasteiger partial charge on any atom is 0.261 e. The van der Waals surface area contributed by atoms with Crippen molar-refractivity contribution in [3.05, 3.63) is 59.7 Å². The molecular weight excluding hydrogens is 380 g/mol. The van der Waals surface area contributed by atoms with Crippen LogP contribution in [0.5, 0.6) is 11.5 Å². The molecule has 6 nitrogen and oxygen atoms in total. The average Bonchev–Trinajstić information content (AvgIpc) is 2.76. The van der Waals surface area contributed by atoms with Gasteiger partial charge in [0.25, 0.3) is 5.91 Å². The molecule has 0 radical (unpaired) electrons. The summed E-state index contributed by atoms with van der Waals surface area (Å²) in [4.78, 5) is 26.9. The van der Waals surface area contributed by atoms with Crippen LogP contribution < -0.4 is 14.8 Å². The minimum atomic E-state index is -0.619. The van der Waals surface area contributed by atoms with Gasteiger partial charge in [-0.25, -0.2) is 0 Å². The Kier molecular flexibility index (Phi) is 8.71. The van der Waals surface area contributed by atoms with Crippen LogP contribution in [-0.4, -0.2) is 43.0 Å².